The summed E-state index contributed by atoms with van der Waals surface area (Å²) in [7, 11) is 0. The van der Waals surface area contributed by atoms with Gasteiger partial charge in [0, 0.05) is 13.1 Å². The highest BCUT2D eigenvalue weighted by Crippen LogP contribution is 1.99. The van der Waals surface area contributed by atoms with Crippen LogP contribution in [0.3, 0.4) is 0 Å². The first-order chi connectivity index (χ1) is 5.25. The van der Waals surface area contributed by atoms with Gasteiger partial charge in [0.1, 0.15) is 12.4 Å². The van der Waals surface area contributed by atoms with Gasteiger partial charge >= 0.3 is 0 Å². The molecule has 0 aromatic carbocycles. The average molecular weight is 156 g/mol. The van der Waals surface area contributed by atoms with Gasteiger partial charge < -0.3 is 0 Å². The van der Waals surface area contributed by atoms with Gasteiger partial charge in [0.2, 0.25) is 0 Å². The number of Topliss-reactive ketones (excluding diaryl/α,β-unsaturated/α-hetero) is 1. The SMILES string of the molecule is CC(=O)c1ccnn1CCF. The van der Waals surface area contributed by atoms with Crippen LogP contribution in [-0.2, 0) is 6.54 Å². The van der Waals surface area contributed by atoms with Gasteiger partial charge in [0.15, 0.2) is 5.78 Å². The van der Waals surface area contributed by atoms with Gasteiger partial charge in [-0.15, -0.1) is 0 Å². The van der Waals surface area contributed by atoms with E-state index in [1.807, 2.05) is 0 Å². The topological polar surface area (TPSA) is 34.9 Å². The highest BCUT2D eigenvalue weighted by atomic mass is 19.1. The Morgan fingerprint density at radius 2 is 2.55 bits per heavy atom. The molecule has 0 saturated heterocycles. The fraction of sp³-hybridized carbons (Fsp3) is 0.429. The van der Waals surface area contributed by atoms with E-state index in [0.29, 0.717) is 5.69 Å². The summed E-state index contributed by atoms with van der Waals surface area (Å²) in [6.45, 7) is 1.09. The Hall–Kier alpha value is -1.19. The number of hydrogen-bond acceptors (Lipinski definition) is 2. The van der Waals surface area contributed by atoms with Gasteiger partial charge in [0.05, 0.1) is 6.54 Å². The Kier molecular flexibility index (Phi) is 2.36. The van der Waals surface area contributed by atoms with E-state index in [-0.39, 0.29) is 12.3 Å². The van der Waals surface area contributed by atoms with Crippen molar-refractivity contribution in [3.05, 3.63) is 18.0 Å². The Bertz CT molecular complexity index is 257. The first kappa shape index (κ1) is 7.91. The summed E-state index contributed by atoms with van der Waals surface area (Å²) in [5.41, 5.74) is 0.461. The number of aryl methyl sites for hydroxylation is 1. The van der Waals surface area contributed by atoms with E-state index in [4.69, 9.17) is 0 Å². The molecule has 0 saturated carbocycles. The van der Waals surface area contributed by atoms with Crippen molar-refractivity contribution in [2.75, 3.05) is 6.67 Å². The second kappa shape index (κ2) is 3.27. The van der Waals surface area contributed by atoms with Gasteiger partial charge in [-0.1, -0.05) is 0 Å². The van der Waals surface area contributed by atoms with Crippen LogP contribution in [0, 0.1) is 0 Å². The maximum absolute atomic E-state index is 11.8. The fourth-order valence-electron chi connectivity index (χ4n) is 0.890. The normalized spacial score (nSPS) is 10.0. The Balaban J connectivity index is 2.87. The monoisotopic (exact) mass is 156 g/mol. The third kappa shape index (κ3) is 1.63. The molecule has 1 aromatic rings. The molecular weight excluding hydrogens is 147 g/mol. The summed E-state index contributed by atoms with van der Waals surface area (Å²) >= 11 is 0. The van der Waals surface area contributed by atoms with Crippen molar-refractivity contribution in [2.24, 2.45) is 0 Å². The molecule has 0 aliphatic heterocycles. The number of halogens is 1. The number of carbonyl (C=O) groups is 1. The minimum atomic E-state index is -0.498. The van der Waals surface area contributed by atoms with Crippen molar-refractivity contribution in [1.29, 1.82) is 0 Å². The van der Waals surface area contributed by atoms with Crippen molar-refractivity contribution in [2.45, 2.75) is 13.5 Å². The number of aromatic nitrogens is 2. The number of ketones is 1. The number of alkyl halides is 1. The number of carbonyl (C=O) groups excluding carboxylic acids is 1. The molecule has 0 aliphatic carbocycles. The van der Waals surface area contributed by atoms with Crippen LogP contribution in [0.4, 0.5) is 4.39 Å². The largest absolute Gasteiger partial charge is 0.293 e. The second-order valence-electron chi connectivity index (χ2n) is 2.18. The lowest BCUT2D eigenvalue weighted by Gasteiger charge is -1.99. The van der Waals surface area contributed by atoms with Gasteiger partial charge in [-0.25, -0.2) is 4.39 Å². The summed E-state index contributed by atoms with van der Waals surface area (Å²) in [4.78, 5) is 10.8. The number of hydrogen-bond donors (Lipinski definition) is 0. The van der Waals surface area contributed by atoms with E-state index in [1.165, 1.54) is 17.8 Å². The molecule has 3 nitrogen and oxygen atoms in total. The zero-order valence-corrected chi connectivity index (χ0v) is 6.25. The van der Waals surface area contributed by atoms with E-state index >= 15 is 0 Å². The molecule has 0 aliphatic rings. The predicted octanol–water partition coefficient (Wildman–Crippen LogP) is 1.06. The van der Waals surface area contributed by atoms with E-state index in [0.717, 1.165) is 0 Å². The van der Waals surface area contributed by atoms with Crippen LogP contribution in [0.15, 0.2) is 12.3 Å². The molecule has 1 heterocycles. The van der Waals surface area contributed by atoms with Gasteiger partial charge in [-0.2, -0.15) is 5.10 Å². The molecule has 60 valence electrons. The van der Waals surface area contributed by atoms with Crippen molar-refractivity contribution in [3.8, 4) is 0 Å². The molecule has 0 unspecified atom stereocenters. The lowest BCUT2D eigenvalue weighted by Crippen LogP contribution is -2.09. The molecule has 11 heavy (non-hydrogen) atoms. The molecule has 0 bridgehead atoms. The van der Waals surface area contributed by atoms with Gasteiger partial charge in [-0.05, 0) is 6.07 Å². The Morgan fingerprint density at radius 3 is 3.09 bits per heavy atom. The van der Waals surface area contributed by atoms with Gasteiger partial charge in [-0.3, -0.25) is 9.48 Å². The van der Waals surface area contributed by atoms with Crippen LogP contribution in [0.5, 0.6) is 0 Å². The molecular formula is C7H9FN2O. The van der Waals surface area contributed by atoms with Crippen molar-refractivity contribution in [1.82, 2.24) is 9.78 Å². The Morgan fingerprint density at radius 1 is 1.82 bits per heavy atom. The zero-order chi connectivity index (χ0) is 8.27. The molecule has 0 radical (unpaired) electrons. The van der Waals surface area contributed by atoms with E-state index in [9.17, 15) is 9.18 Å². The minimum absolute atomic E-state index is 0.0871. The summed E-state index contributed by atoms with van der Waals surface area (Å²) in [6.07, 6.45) is 1.49. The molecule has 0 atom stereocenters. The molecule has 1 rings (SSSR count). The summed E-state index contributed by atoms with van der Waals surface area (Å²) in [6, 6.07) is 1.58. The highest BCUT2D eigenvalue weighted by molar-refractivity contribution is 5.92. The smallest absolute Gasteiger partial charge is 0.177 e. The highest BCUT2D eigenvalue weighted by Gasteiger charge is 2.05. The number of nitrogens with zero attached hydrogens (tertiary/aromatic N) is 2. The van der Waals surface area contributed by atoms with Gasteiger partial charge in [0.25, 0.3) is 0 Å². The van der Waals surface area contributed by atoms with Crippen LogP contribution in [0.25, 0.3) is 0 Å². The first-order valence-corrected chi connectivity index (χ1v) is 3.34. The van der Waals surface area contributed by atoms with Crippen LogP contribution >= 0.6 is 0 Å². The third-order valence-corrected chi connectivity index (χ3v) is 1.37. The fourth-order valence-corrected chi connectivity index (χ4v) is 0.890. The van der Waals surface area contributed by atoms with Crippen molar-refractivity contribution >= 4 is 5.78 Å². The number of rotatable bonds is 3. The summed E-state index contributed by atoms with van der Waals surface area (Å²) in [5.74, 6) is -0.0871. The quantitative estimate of drug-likeness (QED) is 0.613. The summed E-state index contributed by atoms with van der Waals surface area (Å²) < 4.78 is 13.2. The van der Waals surface area contributed by atoms with Crippen LogP contribution in [0.1, 0.15) is 17.4 Å². The zero-order valence-electron chi connectivity index (χ0n) is 6.25. The van der Waals surface area contributed by atoms with E-state index < -0.39 is 6.67 Å². The standard InChI is InChI=1S/C7H9FN2O/c1-6(11)7-2-4-9-10(7)5-3-8/h2,4H,3,5H2,1H3. The lowest BCUT2D eigenvalue weighted by molar-refractivity contribution is 0.100. The first-order valence-electron chi connectivity index (χ1n) is 3.34. The van der Waals surface area contributed by atoms with Crippen molar-refractivity contribution < 1.29 is 9.18 Å². The minimum Gasteiger partial charge on any atom is -0.293 e. The maximum atomic E-state index is 11.8. The molecule has 0 fully saturated rings. The maximum Gasteiger partial charge on any atom is 0.177 e. The summed E-state index contributed by atoms with van der Waals surface area (Å²) in [5, 5.41) is 3.78. The van der Waals surface area contributed by atoms with Crippen molar-refractivity contribution in [3.63, 3.8) is 0 Å². The van der Waals surface area contributed by atoms with Crippen LogP contribution < -0.4 is 0 Å². The lowest BCUT2D eigenvalue weighted by atomic mass is 10.3. The van der Waals surface area contributed by atoms with E-state index in [1.54, 1.807) is 6.07 Å². The molecule has 0 spiro atoms. The van der Waals surface area contributed by atoms with Crippen LogP contribution in [-0.4, -0.2) is 22.2 Å². The van der Waals surface area contributed by atoms with E-state index in [2.05, 4.69) is 5.10 Å². The molecule has 0 amide bonds. The Labute approximate surface area is 63.8 Å². The molecule has 1 aromatic heterocycles. The molecule has 0 N–H and O–H groups in total. The van der Waals surface area contributed by atoms with Crippen LogP contribution in [0.2, 0.25) is 0 Å². The predicted molar refractivity (Wildman–Crippen MR) is 38.2 cm³/mol. The second-order valence-corrected chi connectivity index (χ2v) is 2.18. The third-order valence-electron chi connectivity index (χ3n) is 1.37. The average Bonchev–Trinajstić information content (AvgIpc) is 2.36. The molecule has 4 heteroatoms.